The minimum Gasteiger partial charge on any atom is -0.329 e. The van der Waals surface area contributed by atoms with E-state index in [0.29, 0.717) is 5.54 Å². The van der Waals surface area contributed by atoms with Gasteiger partial charge in [-0.1, -0.05) is 27.7 Å². The topological polar surface area (TPSA) is 32.5 Å². The van der Waals surface area contributed by atoms with Crippen molar-refractivity contribution in [1.29, 1.82) is 0 Å². The summed E-state index contributed by atoms with van der Waals surface area (Å²) in [5.74, 6) is 2.54. The molecule has 0 spiro atoms. The van der Waals surface area contributed by atoms with Crippen LogP contribution in [0.3, 0.4) is 0 Å². The van der Waals surface area contributed by atoms with Crippen LogP contribution in [-0.2, 0) is 0 Å². The Balaban J connectivity index is 1.88. The molecular weight excluding hydrogens is 258 g/mol. The van der Waals surface area contributed by atoms with Gasteiger partial charge in [-0.3, -0.25) is 4.90 Å². The Labute approximate surface area is 132 Å². The van der Waals surface area contributed by atoms with Crippen molar-refractivity contribution in [3.63, 3.8) is 0 Å². The SMILES string of the molecule is CC(C)CN1CCN(C2(CN)CCC(C(C)C)CC2)CC1. The van der Waals surface area contributed by atoms with Crippen molar-refractivity contribution in [1.82, 2.24) is 9.80 Å². The number of nitrogens with two attached hydrogens (primary N) is 1. The number of rotatable bonds is 5. The molecule has 0 aromatic heterocycles. The molecule has 2 aliphatic rings. The zero-order valence-corrected chi connectivity index (χ0v) is 14.8. The molecule has 0 atom stereocenters. The zero-order chi connectivity index (χ0) is 15.5. The van der Waals surface area contributed by atoms with Crippen LogP contribution >= 0.6 is 0 Å². The van der Waals surface area contributed by atoms with Gasteiger partial charge in [-0.2, -0.15) is 0 Å². The second-order valence-electron chi connectivity index (χ2n) is 8.19. The van der Waals surface area contributed by atoms with Crippen LogP contribution in [0.4, 0.5) is 0 Å². The fourth-order valence-corrected chi connectivity index (χ4v) is 4.41. The molecule has 1 aliphatic heterocycles. The van der Waals surface area contributed by atoms with Gasteiger partial charge in [0.15, 0.2) is 0 Å². The molecular formula is C18H37N3. The van der Waals surface area contributed by atoms with Crippen LogP contribution in [0.25, 0.3) is 0 Å². The predicted molar refractivity (Wildman–Crippen MR) is 91.4 cm³/mol. The normalized spacial score (nSPS) is 33.0. The standard InChI is InChI=1S/C18H37N3/c1-15(2)13-20-9-11-21(12-10-20)18(14-19)7-5-17(6-8-18)16(3)4/h15-17H,5-14,19H2,1-4H3. The smallest absolute Gasteiger partial charge is 0.0333 e. The molecule has 0 bridgehead atoms. The Kier molecular flexibility index (Phi) is 6.10. The molecule has 1 heterocycles. The Morgan fingerprint density at radius 1 is 1.00 bits per heavy atom. The highest BCUT2D eigenvalue weighted by molar-refractivity contribution is 4.97. The van der Waals surface area contributed by atoms with Gasteiger partial charge in [0.2, 0.25) is 0 Å². The highest BCUT2D eigenvalue weighted by atomic mass is 15.3. The summed E-state index contributed by atoms with van der Waals surface area (Å²) in [7, 11) is 0. The fourth-order valence-electron chi connectivity index (χ4n) is 4.41. The summed E-state index contributed by atoms with van der Waals surface area (Å²) in [6, 6.07) is 0. The van der Waals surface area contributed by atoms with Gasteiger partial charge < -0.3 is 10.6 Å². The van der Waals surface area contributed by atoms with Crippen LogP contribution in [0.5, 0.6) is 0 Å². The van der Waals surface area contributed by atoms with Gasteiger partial charge in [-0.05, 0) is 43.4 Å². The van der Waals surface area contributed by atoms with E-state index in [4.69, 9.17) is 5.73 Å². The molecule has 0 aromatic rings. The highest BCUT2D eigenvalue weighted by Gasteiger charge is 2.40. The molecule has 0 radical (unpaired) electrons. The van der Waals surface area contributed by atoms with E-state index in [0.717, 1.165) is 24.3 Å². The largest absolute Gasteiger partial charge is 0.329 e. The van der Waals surface area contributed by atoms with E-state index in [1.54, 1.807) is 0 Å². The maximum atomic E-state index is 6.25. The molecule has 0 aromatic carbocycles. The molecule has 0 unspecified atom stereocenters. The molecule has 1 saturated carbocycles. The fraction of sp³-hybridized carbons (Fsp3) is 1.00. The summed E-state index contributed by atoms with van der Waals surface area (Å²) in [4.78, 5) is 5.37. The third-order valence-corrected chi connectivity index (χ3v) is 5.95. The van der Waals surface area contributed by atoms with Crippen molar-refractivity contribution in [2.45, 2.75) is 58.9 Å². The van der Waals surface area contributed by atoms with E-state index in [9.17, 15) is 0 Å². The van der Waals surface area contributed by atoms with Crippen LogP contribution < -0.4 is 5.73 Å². The monoisotopic (exact) mass is 295 g/mol. The third-order valence-electron chi connectivity index (χ3n) is 5.95. The van der Waals surface area contributed by atoms with Crippen LogP contribution in [0.1, 0.15) is 53.4 Å². The molecule has 3 heteroatoms. The third kappa shape index (κ3) is 4.20. The lowest BCUT2D eigenvalue weighted by molar-refractivity contribution is -0.00285. The molecule has 2 N–H and O–H groups in total. The Bertz CT molecular complexity index is 298. The van der Waals surface area contributed by atoms with E-state index in [2.05, 4.69) is 37.5 Å². The zero-order valence-electron chi connectivity index (χ0n) is 14.8. The van der Waals surface area contributed by atoms with Crippen LogP contribution in [-0.4, -0.2) is 54.6 Å². The van der Waals surface area contributed by atoms with Gasteiger partial charge in [-0.25, -0.2) is 0 Å². The first-order valence-corrected chi connectivity index (χ1v) is 9.14. The minimum atomic E-state index is 0.315. The van der Waals surface area contributed by atoms with E-state index in [-0.39, 0.29) is 0 Å². The van der Waals surface area contributed by atoms with E-state index in [1.807, 2.05) is 0 Å². The quantitative estimate of drug-likeness (QED) is 0.846. The molecule has 1 aliphatic carbocycles. The number of hydrogen-bond acceptors (Lipinski definition) is 3. The molecule has 1 saturated heterocycles. The molecule has 3 nitrogen and oxygen atoms in total. The maximum Gasteiger partial charge on any atom is 0.0333 e. The van der Waals surface area contributed by atoms with E-state index < -0.39 is 0 Å². The van der Waals surface area contributed by atoms with Crippen LogP contribution in [0.15, 0.2) is 0 Å². The van der Waals surface area contributed by atoms with Crippen molar-refractivity contribution >= 4 is 0 Å². The maximum absolute atomic E-state index is 6.25. The number of nitrogens with zero attached hydrogens (tertiary/aromatic N) is 2. The predicted octanol–water partition coefficient (Wildman–Crippen LogP) is 2.80. The molecule has 0 amide bonds. The molecule has 21 heavy (non-hydrogen) atoms. The van der Waals surface area contributed by atoms with Gasteiger partial charge in [0, 0.05) is 44.8 Å². The van der Waals surface area contributed by atoms with Gasteiger partial charge in [0.25, 0.3) is 0 Å². The lowest BCUT2D eigenvalue weighted by atomic mass is 9.72. The first kappa shape index (κ1) is 17.2. The van der Waals surface area contributed by atoms with Gasteiger partial charge in [-0.15, -0.1) is 0 Å². The Morgan fingerprint density at radius 2 is 1.57 bits per heavy atom. The number of hydrogen-bond donors (Lipinski definition) is 1. The van der Waals surface area contributed by atoms with Crippen molar-refractivity contribution < 1.29 is 0 Å². The molecule has 2 fully saturated rings. The Morgan fingerprint density at radius 3 is 2.00 bits per heavy atom. The van der Waals surface area contributed by atoms with Crippen molar-refractivity contribution in [3.05, 3.63) is 0 Å². The van der Waals surface area contributed by atoms with Crippen molar-refractivity contribution in [3.8, 4) is 0 Å². The van der Waals surface area contributed by atoms with Crippen molar-refractivity contribution in [2.75, 3.05) is 39.3 Å². The lowest BCUT2D eigenvalue weighted by Crippen LogP contribution is -2.61. The first-order chi connectivity index (χ1) is 9.97. The summed E-state index contributed by atoms with van der Waals surface area (Å²) < 4.78 is 0. The second kappa shape index (κ2) is 7.43. The highest BCUT2D eigenvalue weighted by Crippen LogP contribution is 2.39. The lowest BCUT2D eigenvalue weighted by Gasteiger charge is -2.51. The average molecular weight is 296 g/mol. The summed E-state index contributed by atoms with van der Waals surface area (Å²) in [6.07, 6.45) is 5.38. The summed E-state index contributed by atoms with van der Waals surface area (Å²) in [5.41, 5.74) is 6.57. The summed E-state index contributed by atoms with van der Waals surface area (Å²) in [6.45, 7) is 16.4. The minimum absolute atomic E-state index is 0.315. The molecule has 2 rings (SSSR count). The van der Waals surface area contributed by atoms with Gasteiger partial charge >= 0.3 is 0 Å². The van der Waals surface area contributed by atoms with Crippen molar-refractivity contribution in [2.24, 2.45) is 23.5 Å². The summed E-state index contributed by atoms with van der Waals surface area (Å²) >= 11 is 0. The Hall–Kier alpha value is -0.120. The molecule has 124 valence electrons. The van der Waals surface area contributed by atoms with Gasteiger partial charge in [0.1, 0.15) is 0 Å². The van der Waals surface area contributed by atoms with Crippen LogP contribution in [0, 0.1) is 17.8 Å². The van der Waals surface area contributed by atoms with E-state index in [1.165, 1.54) is 58.4 Å². The van der Waals surface area contributed by atoms with Crippen LogP contribution in [0.2, 0.25) is 0 Å². The van der Waals surface area contributed by atoms with Gasteiger partial charge in [0.05, 0.1) is 0 Å². The average Bonchev–Trinajstić information content (AvgIpc) is 2.47. The van der Waals surface area contributed by atoms with E-state index >= 15 is 0 Å². The second-order valence-corrected chi connectivity index (χ2v) is 8.19. The summed E-state index contributed by atoms with van der Waals surface area (Å²) in [5, 5.41) is 0. The number of piperazine rings is 1. The first-order valence-electron chi connectivity index (χ1n) is 9.14.